The highest BCUT2D eigenvalue weighted by Crippen LogP contribution is 2.34. The van der Waals surface area contributed by atoms with Crippen molar-refractivity contribution in [1.82, 2.24) is 0 Å². The highest BCUT2D eigenvalue weighted by atomic mass is 32.2. The fraction of sp³-hybridized carbons (Fsp3) is 0.381. The number of amides is 1. The van der Waals surface area contributed by atoms with Crippen molar-refractivity contribution in [3.05, 3.63) is 47.0 Å². The molecule has 1 saturated heterocycles. The molecular formula is C21H26N2O4S. The Labute approximate surface area is 166 Å². The van der Waals surface area contributed by atoms with E-state index >= 15 is 0 Å². The normalized spacial score (nSPS) is 14.9. The molecule has 1 heterocycles. The average Bonchev–Trinajstić information content (AvgIpc) is 2.64. The van der Waals surface area contributed by atoms with E-state index in [1.54, 1.807) is 36.1 Å². The predicted molar refractivity (Wildman–Crippen MR) is 111 cm³/mol. The zero-order valence-electron chi connectivity index (χ0n) is 16.7. The number of aryl methyl sites for hydroxylation is 3. The second-order valence-corrected chi connectivity index (χ2v) is 8.85. The number of benzene rings is 2. The van der Waals surface area contributed by atoms with Gasteiger partial charge in [-0.15, -0.1) is 0 Å². The van der Waals surface area contributed by atoms with Crippen molar-refractivity contribution in [2.24, 2.45) is 0 Å². The quantitative estimate of drug-likeness (QED) is 0.822. The third-order valence-electron chi connectivity index (χ3n) is 5.13. The van der Waals surface area contributed by atoms with Crippen molar-refractivity contribution in [3.63, 3.8) is 0 Å². The minimum Gasteiger partial charge on any atom is -0.494 e. The van der Waals surface area contributed by atoms with Gasteiger partial charge < -0.3 is 9.64 Å². The fourth-order valence-electron chi connectivity index (χ4n) is 3.46. The summed E-state index contributed by atoms with van der Waals surface area (Å²) in [4.78, 5) is 14.2. The standard InChI is InChI=1S/C21H26N2O4S/c1-14-11-16(3)20(12-15(14)2)28(25,26)22-17-8-9-18(19(13-17)27-4)23-10-6-5-7-21(23)24/h8-9,11-13,22H,5-7,10H2,1-4H3. The molecule has 2 aromatic carbocycles. The molecule has 1 N–H and O–H groups in total. The van der Waals surface area contributed by atoms with Gasteiger partial charge in [0.15, 0.2) is 0 Å². The first-order chi connectivity index (χ1) is 13.2. The van der Waals surface area contributed by atoms with Crippen molar-refractivity contribution >= 4 is 27.3 Å². The van der Waals surface area contributed by atoms with E-state index < -0.39 is 10.0 Å². The van der Waals surface area contributed by atoms with Crippen molar-refractivity contribution in [3.8, 4) is 5.75 Å². The first-order valence-corrected chi connectivity index (χ1v) is 10.8. The number of sulfonamides is 1. The summed E-state index contributed by atoms with van der Waals surface area (Å²) >= 11 is 0. The monoisotopic (exact) mass is 402 g/mol. The van der Waals surface area contributed by atoms with Crippen LogP contribution in [0.4, 0.5) is 11.4 Å². The lowest BCUT2D eigenvalue weighted by Crippen LogP contribution is -2.35. The number of hydrogen-bond donors (Lipinski definition) is 1. The summed E-state index contributed by atoms with van der Waals surface area (Å²) in [7, 11) is -2.23. The molecule has 0 aliphatic carbocycles. The highest BCUT2D eigenvalue weighted by Gasteiger charge is 2.24. The third-order valence-corrected chi connectivity index (χ3v) is 6.65. The number of nitrogens with zero attached hydrogens (tertiary/aromatic N) is 1. The molecule has 0 bridgehead atoms. The van der Waals surface area contributed by atoms with Crippen LogP contribution in [-0.2, 0) is 14.8 Å². The molecular weight excluding hydrogens is 376 g/mol. The molecule has 0 atom stereocenters. The molecule has 2 aromatic rings. The Balaban J connectivity index is 1.92. The Morgan fingerprint density at radius 3 is 2.39 bits per heavy atom. The van der Waals surface area contributed by atoms with Gasteiger partial charge in [-0.1, -0.05) is 6.07 Å². The summed E-state index contributed by atoms with van der Waals surface area (Å²) in [6.07, 6.45) is 2.35. The number of anilines is 2. The van der Waals surface area contributed by atoms with Gasteiger partial charge in [-0.2, -0.15) is 0 Å². The topological polar surface area (TPSA) is 75.7 Å². The van der Waals surface area contributed by atoms with E-state index in [0.717, 1.165) is 24.0 Å². The molecule has 0 saturated carbocycles. The molecule has 7 heteroatoms. The zero-order valence-corrected chi connectivity index (χ0v) is 17.5. The summed E-state index contributed by atoms with van der Waals surface area (Å²) in [5.74, 6) is 0.524. The van der Waals surface area contributed by atoms with Crippen LogP contribution in [0.1, 0.15) is 36.0 Å². The van der Waals surface area contributed by atoms with Crippen LogP contribution < -0.4 is 14.4 Å². The van der Waals surface area contributed by atoms with Gasteiger partial charge in [0.25, 0.3) is 10.0 Å². The number of ether oxygens (including phenoxy) is 1. The molecule has 0 unspecified atom stereocenters. The van der Waals surface area contributed by atoms with Crippen molar-refractivity contribution in [1.29, 1.82) is 0 Å². The van der Waals surface area contributed by atoms with Crippen LogP contribution in [0.5, 0.6) is 5.75 Å². The molecule has 0 radical (unpaired) electrons. The molecule has 1 aliphatic heterocycles. The summed E-state index contributed by atoms with van der Waals surface area (Å²) < 4.78 is 33.9. The van der Waals surface area contributed by atoms with Crippen LogP contribution in [0.2, 0.25) is 0 Å². The first kappa shape index (κ1) is 20.2. The lowest BCUT2D eigenvalue weighted by Gasteiger charge is -2.28. The van der Waals surface area contributed by atoms with Gasteiger partial charge in [-0.3, -0.25) is 9.52 Å². The van der Waals surface area contributed by atoms with Crippen LogP contribution >= 0.6 is 0 Å². The SMILES string of the molecule is COc1cc(NS(=O)(=O)c2cc(C)c(C)cc2C)ccc1N1CCCCC1=O. The molecule has 1 amide bonds. The molecule has 1 aliphatic rings. The van der Waals surface area contributed by atoms with Crippen molar-refractivity contribution < 1.29 is 17.9 Å². The molecule has 0 spiro atoms. The predicted octanol–water partition coefficient (Wildman–Crippen LogP) is 3.94. The zero-order chi connectivity index (χ0) is 20.5. The molecule has 1 fully saturated rings. The van der Waals surface area contributed by atoms with Gasteiger partial charge in [0.05, 0.1) is 23.4 Å². The Morgan fingerprint density at radius 2 is 1.71 bits per heavy atom. The van der Waals surface area contributed by atoms with Gasteiger partial charge >= 0.3 is 0 Å². The summed E-state index contributed by atoms with van der Waals surface area (Å²) in [6, 6.07) is 8.56. The summed E-state index contributed by atoms with van der Waals surface area (Å²) in [6.45, 7) is 6.27. The first-order valence-electron chi connectivity index (χ1n) is 9.32. The van der Waals surface area contributed by atoms with Crippen LogP contribution in [0.25, 0.3) is 0 Å². The van der Waals surface area contributed by atoms with E-state index in [2.05, 4.69) is 4.72 Å². The lowest BCUT2D eigenvalue weighted by atomic mass is 10.1. The number of piperidine rings is 1. The number of carbonyl (C=O) groups is 1. The second kappa shape index (κ2) is 7.83. The Bertz CT molecular complexity index is 1020. The van der Waals surface area contributed by atoms with Gasteiger partial charge in [0.2, 0.25) is 5.91 Å². The van der Waals surface area contributed by atoms with Crippen molar-refractivity contribution in [2.45, 2.75) is 44.9 Å². The van der Waals surface area contributed by atoms with E-state index in [1.807, 2.05) is 19.9 Å². The summed E-state index contributed by atoms with van der Waals surface area (Å²) in [5.41, 5.74) is 3.72. The summed E-state index contributed by atoms with van der Waals surface area (Å²) in [5, 5.41) is 0. The average molecular weight is 403 g/mol. The van der Waals surface area contributed by atoms with E-state index in [0.29, 0.717) is 35.7 Å². The number of nitrogens with one attached hydrogen (secondary N) is 1. The van der Waals surface area contributed by atoms with Crippen LogP contribution in [0.3, 0.4) is 0 Å². The molecule has 6 nitrogen and oxygen atoms in total. The van der Waals surface area contributed by atoms with Crippen LogP contribution in [-0.4, -0.2) is 28.0 Å². The molecule has 3 rings (SSSR count). The lowest BCUT2D eigenvalue weighted by molar-refractivity contribution is -0.119. The third kappa shape index (κ3) is 3.99. The molecule has 0 aromatic heterocycles. The van der Waals surface area contributed by atoms with Gasteiger partial charge in [-0.05, 0) is 68.5 Å². The van der Waals surface area contributed by atoms with E-state index in [1.165, 1.54) is 7.11 Å². The van der Waals surface area contributed by atoms with E-state index in [4.69, 9.17) is 4.74 Å². The maximum Gasteiger partial charge on any atom is 0.262 e. The number of hydrogen-bond acceptors (Lipinski definition) is 4. The second-order valence-electron chi connectivity index (χ2n) is 7.20. The van der Waals surface area contributed by atoms with Gasteiger partial charge in [-0.25, -0.2) is 8.42 Å². The smallest absolute Gasteiger partial charge is 0.262 e. The maximum absolute atomic E-state index is 12.9. The minimum absolute atomic E-state index is 0.0589. The minimum atomic E-state index is -3.74. The van der Waals surface area contributed by atoms with Crippen LogP contribution in [0, 0.1) is 20.8 Å². The van der Waals surface area contributed by atoms with Crippen LogP contribution in [0.15, 0.2) is 35.2 Å². The van der Waals surface area contributed by atoms with Gasteiger partial charge in [0, 0.05) is 19.0 Å². The Hall–Kier alpha value is -2.54. The molecule has 28 heavy (non-hydrogen) atoms. The fourth-order valence-corrected chi connectivity index (χ4v) is 4.82. The van der Waals surface area contributed by atoms with Crippen molar-refractivity contribution in [2.75, 3.05) is 23.3 Å². The van der Waals surface area contributed by atoms with Gasteiger partial charge in [0.1, 0.15) is 5.75 Å². The number of carbonyl (C=O) groups excluding carboxylic acids is 1. The highest BCUT2D eigenvalue weighted by molar-refractivity contribution is 7.92. The maximum atomic E-state index is 12.9. The number of rotatable bonds is 5. The largest absolute Gasteiger partial charge is 0.494 e. The Kier molecular flexibility index (Phi) is 5.65. The Morgan fingerprint density at radius 1 is 1.00 bits per heavy atom. The molecule has 150 valence electrons. The number of methoxy groups -OCH3 is 1. The van der Waals surface area contributed by atoms with E-state index in [-0.39, 0.29) is 10.8 Å². The van der Waals surface area contributed by atoms with E-state index in [9.17, 15) is 13.2 Å².